The van der Waals surface area contributed by atoms with Crippen molar-refractivity contribution in [2.24, 2.45) is 0 Å². The molecule has 0 N–H and O–H groups in total. The lowest BCUT2D eigenvalue weighted by atomic mass is 10.1. The van der Waals surface area contributed by atoms with E-state index in [2.05, 4.69) is 57.3 Å². The number of benzene rings is 2. The summed E-state index contributed by atoms with van der Waals surface area (Å²) in [6.45, 7) is 0. The maximum Gasteiger partial charge on any atom is 0.339 e. The quantitative estimate of drug-likeness (QED) is 0.360. The minimum Gasteiger partial charge on any atom is -0.468 e. The van der Waals surface area contributed by atoms with E-state index < -0.39 is 16.9 Å². The van der Waals surface area contributed by atoms with E-state index in [1.54, 1.807) is 0 Å². The predicted molar refractivity (Wildman–Crippen MR) is 114 cm³/mol. The van der Waals surface area contributed by atoms with Gasteiger partial charge in [0.15, 0.2) is 6.10 Å². The Morgan fingerprint density at radius 3 is 1.74 bits per heavy atom. The van der Waals surface area contributed by atoms with Gasteiger partial charge in [0.2, 0.25) is 0 Å². The van der Waals surface area contributed by atoms with Gasteiger partial charge in [-0.25, -0.2) is 4.79 Å². The van der Waals surface area contributed by atoms with E-state index in [0.717, 1.165) is 20.1 Å². The van der Waals surface area contributed by atoms with Crippen LogP contribution in [0.25, 0.3) is 0 Å². The molecular formula is C19H19Br3O5. The average Bonchev–Trinajstić information content (AvgIpc) is 2.67. The molecule has 146 valence electrons. The molecule has 0 radical (unpaired) electrons. The molecule has 27 heavy (non-hydrogen) atoms. The fourth-order valence-electron chi connectivity index (χ4n) is 2.05. The summed E-state index contributed by atoms with van der Waals surface area (Å²) in [6.07, 6.45) is -0.655. The van der Waals surface area contributed by atoms with Gasteiger partial charge in [-0.2, -0.15) is 0 Å². The second kappa shape index (κ2) is 12.3. The summed E-state index contributed by atoms with van der Waals surface area (Å²) in [5.41, 5.74) is 1.65. The molecule has 0 saturated carbocycles. The molecule has 8 heteroatoms. The number of alkyl halides is 1. The Morgan fingerprint density at radius 2 is 1.30 bits per heavy atom. The zero-order valence-corrected chi connectivity index (χ0v) is 19.7. The van der Waals surface area contributed by atoms with Crippen molar-refractivity contribution in [1.29, 1.82) is 0 Å². The van der Waals surface area contributed by atoms with Crippen molar-refractivity contribution in [3.63, 3.8) is 0 Å². The summed E-state index contributed by atoms with van der Waals surface area (Å²) >= 11 is 9.90. The van der Waals surface area contributed by atoms with Crippen LogP contribution in [0, 0.1) is 0 Å². The van der Waals surface area contributed by atoms with Gasteiger partial charge in [-0.1, -0.05) is 72.1 Å². The van der Waals surface area contributed by atoms with Crippen molar-refractivity contribution in [2.45, 2.75) is 10.9 Å². The first-order valence-electron chi connectivity index (χ1n) is 7.67. The molecule has 2 atom stereocenters. The van der Waals surface area contributed by atoms with E-state index in [1.165, 1.54) is 21.3 Å². The van der Waals surface area contributed by atoms with E-state index in [1.807, 2.05) is 48.5 Å². The Kier molecular flexibility index (Phi) is 10.8. The van der Waals surface area contributed by atoms with Crippen LogP contribution in [0.1, 0.15) is 22.1 Å². The number of esters is 2. The van der Waals surface area contributed by atoms with Crippen molar-refractivity contribution >= 4 is 59.7 Å². The van der Waals surface area contributed by atoms with E-state index in [4.69, 9.17) is 4.74 Å². The molecule has 0 fully saturated rings. The van der Waals surface area contributed by atoms with Crippen LogP contribution in [0.5, 0.6) is 0 Å². The summed E-state index contributed by atoms with van der Waals surface area (Å²) in [5.74, 6) is -0.691. The zero-order valence-electron chi connectivity index (χ0n) is 14.9. The van der Waals surface area contributed by atoms with Crippen molar-refractivity contribution in [2.75, 3.05) is 21.3 Å². The fraction of sp³-hybridized carbons (Fsp3) is 0.263. The lowest BCUT2D eigenvalue weighted by Gasteiger charge is -2.12. The van der Waals surface area contributed by atoms with E-state index in [-0.39, 0.29) is 5.97 Å². The van der Waals surface area contributed by atoms with Crippen LogP contribution >= 0.6 is 47.8 Å². The van der Waals surface area contributed by atoms with Gasteiger partial charge in [-0.3, -0.25) is 4.79 Å². The van der Waals surface area contributed by atoms with Crippen LogP contribution in [0.15, 0.2) is 57.5 Å². The van der Waals surface area contributed by atoms with Crippen molar-refractivity contribution in [3.05, 3.63) is 68.6 Å². The molecule has 2 unspecified atom stereocenters. The molecule has 5 nitrogen and oxygen atoms in total. The Bertz CT molecular complexity index is 767. The van der Waals surface area contributed by atoms with E-state index in [0.29, 0.717) is 0 Å². The summed E-state index contributed by atoms with van der Waals surface area (Å²) < 4.78 is 16.1. The van der Waals surface area contributed by atoms with E-state index >= 15 is 0 Å². The highest BCUT2D eigenvalue weighted by atomic mass is 79.9. The largest absolute Gasteiger partial charge is 0.468 e. The van der Waals surface area contributed by atoms with Gasteiger partial charge in [-0.05, 0) is 35.4 Å². The topological polar surface area (TPSA) is 61.8 Å². The van der Waals surface area contributed by atoms with Gasteiger partial charge in [0.25, 0.3) is 0 Å². The maximum atomic E-state index is 11.3. The monoisotopic (exact) mass is 564 g/mol. The Balaban J connectivity index is 0.000000271. The number of carbonyl (C=O) groups excluding carboxylic acids is 2. The molecule has 0 amide bonds. The van der Waals surface area contributed by atoms with Crippen LogP contribution < -0.4 is 0 Å². The molecule has 0 saturated heterocycles. The average molecular weight is 567 g/mol. The van der Waals surface area contributed by atoms with Crippen LogP contribution in [0.3, 0.4) is 0 Å². The summed E-state index contributed by atoms with van der Waals surface area (Å²) in [5, 5.41) is 0. The first kappa shape index (κ1) is 23.8. The SMILES string of the molecule is COC(=O)C(Br)c1cccc(Br)c1.COC(=O)C(OC)c1cccc(Br)c1. The maximum absolute atomic E-state index is 11.3. The third kappa shape index (κ3) is 7.73. The van der Waals surface area contributed by atoms with Crippen molar-refractivity contribution in [1.82, 2.24) is 0 Å². The summed E-state index contributed by atoms with van der Waals surface area (Å²) in [4.78, 5) is 22.0. The number of hydrogen-bond donors (Lipinski definition) is 0. The number of methoxy groups -OCH3 is 3. The van der Waals surface area contributed by atoms with Gasteiger partial charge in [0.05, 0.1) is 14.2 Å². The van der Waals surface area contributed by atoms with Crippen LogP contribution in [-0.2, 0) is 23.8 Å². The number of hydrogen-bond acceptors (Lipinski definition) is 5. The Hall–Kier alpha value is -1.22. The molecule has 0 aliphatic heterocycles. The smallest absolute Gasteiger partial charge is 0.339 e. The van der Waals surface area contributed by atoms with Crippen molar-refractivity contribution in [3.8, 4) is 0 Å². The van der Waals surface area contributed by atoms with Crippen LogP contribution in [0.4, 0.5) is 0 Å². The normalized spacial score (nSPS) is 12.2. The third-order valence-corrected chi connectivity index (χ3v) is 5.24. The van der Waals surface area contributed by atoms with Gasteiger partial charge >= 0.3 is 11.9 Å². The molecule has 0 aliphatic rings. The third-order valence-electron chi connectivity index (χ3n) is 3.35. The molecular weight excluding hydrogens is 548 g/mol. The molecule has 2 aromatic rings. The van der Waals surface area contributed by atoms with Gasteiger partial charge in [0, 0.05) is 16.1 Å². The first-order chi connectivity index (χ1) is 12.8. The molecule has 2 aromatic carbocycles. The minimum atomic E-state index is -0.655. The molecule has 0 spiro atoms. The number of carbonyl (C=O) groups is 2. The number of rotatable bonds is 5. The lowest BCUT2D eigenvalue weighted by Crippen LogP contribution is -2.15. The zero-order chi connectivity index (χ0) is 20.4. The molecule has 0 heterocycles. The number of ether oxygens (including phenoxy) is 3. The molecule has 0 bridgehead atoms. The summed E-state index contributed by atoms with van der Waals surface area (Å²) in [6, 6.07) is 14.9. The highest BCUT2D eigenvalue weighted by Crippen LogP contribution is 2.26. The second-order valence-electron chi connectivity index (χ2n) is 5.13. The lowest BCUT2D eigenvalue weighted by molar-refractivity contribution is -0.152. The van der Waals surface area contributed by atoms with Gasteiger partial charge < -0.3 is 14.2 Å². The number of halogens is 3. The fourth-order valence-corrected chi connectivity index (χ4v) is 3.35. The predicted octanol–water partition coefficient (Wildman–Crippen LogP) is 5.37. The standard InChI is InChI=1S/C10H11BrO3.C9H8Br2O2/c1-13-9(10(12)14-2)7-4-3-5-8(11)6-7;1-13-9(12)8(11)6-3-2-4-7(10)5-6/h3-6,9H,1-2H3;2-5,8H,1H3. The van der Waals surface area contributed by atoms with Gasteiger partial charge in [0.1, 0.15) is 4.83 Å². The Labute approximate surface area is 183 Å². The van der Waals surface area contributed by atoms with Crippen LogP contribution in [0.2, 0.25) is 0 Å². The first-order valence-corrected chi connectivity index (χ1v) is 10.2. The minimum absolute atomic E-state index is 0.293. The second-order valence-corrected chi connectivity index (χ2v) is 7.88. The molecule has 0 aliphatic carbocycles. The highest BCUT2D eigenvalue weighted by molar-refractivity contribution is 9.11. The van der Waals surface area contributed by atoms with Gasteiger partial charge in [-0.15, -0.1) is 0 Å². The highest BCUT2D eigenvalue weighted by Gasteiger charge is 2.20. The molecule has 0 aromatic heterocycles. The van der Waals surface area contributed by atoms with Crippen LogP contribution in [-0.4, -0.2) is 33.3 Å². The van der Waals surface area contributed by atoms with E-state index in [9.17, 15) is 9.59 Å². The van der Waals surface area contributed by atoms with Crippen molar-refractivity contribution < 1.29 is 23.8 Å². The summed E-state index contributed by atoms with van der Waals surface area (Å²) in [7, 11) is 4.18. The Morgan fingerprint density at radius 1 is 0.815 bits per heavy atom. The molecule has 2 rings (SSSR count).